The second-order valence-electron chi connectivity index (χ2n) is 3.09. The van der Waals surface area contributed by atoms with Crippen molar-refractivity contribution >= 4 is 0 Å². The highest BCUT2D eigenvalue weighted by atomic mass is 19.4. The van der Waals surface area contributed by atoms with E-state index >= 15 is 0 Å². The maximum absolute atomic E-state index is 13.1. The maximum Gasteiger partial charge on any atom is 0.525 e. The van der Waals surface area contributed by atoms with Crippen LogP contribution in [0.5, 0.6) is 0 Å². The summed E-state index contributed by atoms with van der Waals surface area (Å²) in [5.41, 5.74) is 0. The van der Waals surface area contributed by atoms with E-state index in [1.165, 1.54) is 0 Å². The van der Waals surface area contributed by atoms with E-state index < -0.39 is 37.4 Å². The Bertz CT molecular complexity index is 242. The first-order chi connectivity index (χ1) is 6.77. The summed E-state index contributed by atoms with van der Waals surface area (Å²) in [6.07, 6.45) is -7.50. The second-order valence-corrected chi connectivity index (χ2v) is 3.09. The topological polar surface area (TPSA) is 9.23 Å². The summed E-state index contributed by atoms with van der Waals surface area (Å²) in [6, 6.07) is 0. The molecule has 0 N–H and O–H groups in total. The van der Waals surface area contributed by atoms with Crippen LogP contribution in [0.2, 0.25) is 0 Å². The normalized spacial score (nSPS) is 18.4. The largest absolute Gasteiger partial charge is 0.525 e. The number of hydrogen-bond acceptors (Lipinski definition) is 1. The third-order valence-corrected chi connectivity index (χ3v) is 1.74. The smallest absolute Gasteiger partial charge is 0.243 e. The zero-order valence-electron chi connectivity index (χ0n) is 8.14. The fraction of sp³-hybridized carbons (Fsp3) is 1.00. The number of alkyl halides is 8. The minimum atomic E-state index is -5.94. The molecule has 1 atom stereocenters. The van der Waals surface area contributed by atoms with Crippen molar-refractivity contribution in [1.82, 2.24) is 0 Å². The van der Waals surface area contributed by atoms with Crippen molar-refractivity contribution < 1.29 is 39.9 Å². The number of hydrogen-bond donors (Lipinski definition) is 0. The van der Waals surface area contributed by atoms with Crippen molar-refractivity contribution in [3.8, 4) is 0 Å². The SMILES string of the molecule is CCC(F)(F)C(F)(OC(F)(F)F)C(C)(F)F. The molecule has 1 nitrogen and oxygen atoms in total. The molecule has 0 aliphatic carbocycles. The second kappa shape index (κ2) is 4.01. The third-order valence-electron chi connectivity index (χ3n) is 1.74. The van der Waals surface area contributed by atoms with E-state index in [4.69, 9.17) is 0 Å². The standard InChI is InChI=1S/C7H8F8O/c1-3-5(10,11)6(12,4(2,8)9)16-7(13,14)15/h3H2,1-2H3. The van der Waals surface area contributed by atoms with Gasteiger partial charge in [-0.05, 0) is 0 Å². The first-order valence-corrected chi connectivity index (χ1v) is 3.98. The van der Waals surface area contributed by atoms with Gasteiger partial charge < -0.3 is 0 Å². The van der Waals surface area contributed by atoms with Gasteiger partial charge in [0.1, 0.15) is 0 Å². The van der Waals surface area contributed by atoms with Gasteiger partial charge in [-0.15, -0.1) is 13.2 Å². The van der Waals surface area contributed by atoms with E-state index in [-0.39, 0.29) is 0 Å². The molecule has 1 unspecified atom stereocenters. The van der Waals surface area contributed by atoms with Crippen molar-refractivity contribution in [1.29, 1.82) is 0 Å². The Morgan fingerprint density at radius 1 is 0.875 bits per heavy atom. The molecule has 0 heterocycles. The molecule has 0 aliphatic rings. The highest BCUT2D eigenvalue weighted by molar-refractivity contribution is 4.94. The molecule has 9 heteroatoms. The van der Waals surface area contributed by atoms with Crippen LogP contribution in [0.1, 0.15) is 20.3 Å². The summed E-state index contributed by atoms with van der Waals surface area (Å²) in [4.78, 5) is 0. The first-order valence-electron chi connectivity index (χ1n) is 3.98. The molecule has 0 rings (SSSR count). The number of ether oxygens (including phenoxy) is 1. The van der Waals surface area contributed by atoms with Crippen LogP contribution >= 0.6 is 0 Å². The average molecular weight is 260 g/mol. The van der Waals surface area contributed by atoms with Crippen LogP contribution in [-0.2, 0) is 4.74 Å². The predicted molar refractivity (Wildman–Crippen MR) is 36.8 cm³/mol. The van der Waals surface area contributed by atoms with Crippen molar-refractivity contribution in [3.05, 3.63) is 0 Å². The molecule has 0 aromatic heterocycles. The molecule has 0 fully saturated rings. The molecule has 98 valence electrons. The molecule has 0 radical (unpaired) electrons. The summed E-state index contributed by atoms with van der Waals surface area (Å²) < 4.78 is 101. The Balaban J connectivity index is 5.39. The molecule has 0 bridgehead atoms. The van der Waals surface area contributed by atoms with Crippen LogP contribution in [0, 0.1) is 0 Å². The Kier molecular flexibility index (Phi) is 3.86. The van der Waals surface area contributed by atoms with E-state index in [0.29, 0.717) is 6.92 Å². The van der Waals surface area contributed by atoms with Crippen molar-refractivity contribution in [2.75, 3.05) is 0 Å². The van der Waals surface area contributed by atoms with Crippen LogP contribution in [-0.4, -0.2) is 24.1 Å². The molecule has 0 spiro atoms. The van der Waals surface area contributed by atoms with E-state index in [9.17, 15) is 35.1 Å². The molecule has 0 aromatic carbocycles. The monoisotopic (exact) mass is 260 g/mol. The Hall–Kier alpha value is -0.600. The fourth-order valence-electron chi connectivity index (χ4n) is 0.872. The molecule has 0 aliphatic heterocycles. The van der Waals surface area contributed by atoms with Gasteiger partial charge in [-0.1, -0.05) is 6.92 Å². The van der Waals surface area contributed by atoms with Crippen LogP contribution in [0.4, 0.5) is 35.1 Å². The van der Waals surface area contributed by atoms with E-state index in [1.807, 2.05) is 0 Å². The van der Waals surface area contributed by atoms with Crippen LogP contribution in [0.15, 0.2) is 0 Å². The zero-order chi connectivity index (χ0) is 13.4. The van der Waals surface area contributed by atoms with Gasteiger partial charge in [0.05, 0.1) is 0 Å². The molecule has 0 saturated heterocycles. The van der Waals surface area contributed by atoms with Crippen molar-refractivity contribution in [2.24, 2.45) is 0 Å². The Morgan fingerprint density at radius 3 is 1.44 bits per heavy atom. The molecule has 0 amide bonds. The molecule has 0 saturated carbocycles. The van der Waals surface area contributed by atoms with E-state index in [1.54, 1.807) is 0 Å². The first kappa shape index (κ1) is 15.4. The summed E-state index contributed by atoms with van der Waals surface area (Å²) in [6.45, 7) is 0.141. The lowest BCUT2D eigenvalue weighted by molar-refractivity contribution is -0.465. The van der Waals surface area contributed by atoms with Gasteiger partial charge >= 0.3 is 24.1 Å². The minimum Gasteiger partial charge on any atom is -0.243 e. The third kappa shape index (κ3) is 2.96. The Morgan fingerprint density at radius 2 is 1.25 bits per heavy atom. The van der Waals surface area contributed by atoms with Gasteiger partial charge in [0, 0.05) is 13.3 Å². The summed E-state index contributed by atoms with van der Waals surface area (Å²) in [7, 11) is 0. The Labute approximate surface area is 85.4 Å². The summed E-state index contributed by atoms with van der Waals surface area (Å²) in [5, 5.41) is 0. The van der Waals surface area contributed by atoms with E-state index in [2.05, 4.69) is 4.74 Å². The highest BCUT2D eigenvalue weighted by Crippen LogP contribution is 2.49. The van der Waals surface area contributed by atoms with Crippen LogP contribution in [0.3, 0.4) is 0 Å². The van der Waals surface area contributed by atoms with Gasteiger partial charge in [0.25, 0.3) is 0 Å². The van der Waals surface area contributed by atoms with Gasteiger partial charge in [0.15, 0.2) is 0 Å². The van der Waals surface area contributed by atoms with Gasteiger partial charge in [-0.2, -0.15) is 4.39 Å². The lowest BCUT2D eigenvalue weighted by Crippen LogP contribution is -2.59. The predicted octanol–water partition coefficient (Wildman–Crippen LogP) is 3.89. The number of halogens is 8. The van der Waals surface area contributed by atoms with Crippen LogP contribution in [0.25, 0.3) is 0 Å². The summed E-state index contributed by atoms with van der Waals surface area (Å²) >= 11 is 0. The fourth-order valence-corrected chi connectivity index (χ4v) is 0.872. The lowest BCUT2D eigenvalue weighted by Gasteiger charge is -2.36. The van der Waals surface area contributed by atoms with Crippen LogP contribution < -0.4 is 0 Å². The molecule has 0 aromatic rings. The molecular weight excluding hydrogens is 252 g/mol. The number of rotatable bonds is 4. The highest BCUT2D eigenvalue weighted by Gasteiger charge is 2.71. The average Bonchev–Trinajstić information content (AvgIpc) is 1.98. The van der Waals surface area contributed by atoms with Crippen molar-refractivity contribution in [2.45, 2.75) is 44.3 Å². The molecule has 16 heavy (non-hydrogen) atoms. The maximum atomic E-state index is 13.1. The van der Waals surface area contributed by atoms with Gasteiger partial charge in [0.2, 0.25) is 0 Å². The lowest BCUT2D eigenvalue weighted by atomic mass is 10.0. The van der Waals surface area contributed by atoms with Gasteiger partial charge in [-0.25, -0.2) is 22.3 Å². The van der Waals surface area contributed by atoms with Crippen molar-refractivity contribution in [3.63, 3.8) is 0 Å². The van der Waals surface area contributed by atoms with Gasteiger partial charge in [-0.3, -0.25) is 0 Å². The molecular formula is C7H8F8O. The minimum absolute atomic E-state index is 0.414. The van der Waals surface area contributed by atoms with E-state index in [0.717, 1.165) is 0 Å². The quantitative estimate of drug-likeness (QED) is 0.697. The zero-order valence-corrected chi connectivity index (χ0v) is 8.14. The summed E-state index contributed by atoms with van der Waals surface area (Å²) in [5.74, 6) is -15.4.